The highest BCUT2D eigenvalue weighted by molar-refractivity contribution is 5.86. The van der Waals surface area contributed by atoms with Crippen LogP contribution >= 0.6 is 0 Å². The molecule has 0 spiro atoms. The number of hydrogen-bond donors (Lipinski definition) is 3. The predicted octanol–water partition coefficient (Wildman–Crippen LogP) is 0.424. The molecular weight excluding hydrogens is 277 g/mol. The number of likely N-dealkylation sites (N-methyl/N-ethyl adjacent to an activating group) is 1. The number of hydrazine groups is 1. The van der Waals surface area contributed by atoms with Crippen LogP contribution in [0.5, 0.6) is 0 Å². The van der Waals surface area contributed by atoms with Gasteiger partial charge in [-0.2, -0.15) is 13.2 Å². The summed E-state index contributed by atoms with van der Waals surface area (Å²) in [6.07, 6.45) is -4.20. The molecule has 1 unspecified atom stereocenters. The van der Waals surface area contributed by atoms with E-state index in [2.05, 4.69) is 15.3 Å². The lowest BCUT2D eigenvalue weighted by Crippen LogP contribution is -2.31. The maximum absolute atomic E-state index is 12.6. The van der Waals surface area contributed by atoms with Gasteiger partial charge in [0.15, 0.2) is 0 Å². The summed E-state index contributed by atoms with van der Waals surface area (Å²) in [6.45, 7) is 0.537. The quantitative estimate of drug-likeness (QED) is 0.551. The average molecular weight is 290 g/mol. The van der Waals surface area contributed by atoms with Gasteiger partial charge in [-0.1, -0.05) is 0 Å². The van der Waals surface area contributed by atoms with Gasteiger partial charge in [0.25, 0.3) is 0 Å². The zero-order valence-corrected chi connectivity index (χ0v) is 10.5. The molecule has 10 heteroatoms. The molecule has 1 aliphatic heterocycles. The van der Waals surface area contributed by atoms with E-state index >= 15 is 0 Å². The zero-order chi connectivity index (χ0) is 14.9. The summed E-state index contributed by atoms with van der Waals surface area (Å²) in [5, 5.41) is 2.67. The number of anilines is 2. The van der Waals surface area contributed by atoms with Gasteiger partial charge in [0.2, 0.25) is 11.7 Å². The van der Waals surface area contributed by atoms with Gasteiger partial charge in [0, 0.05) is 19.7 Å². The summed E-state index contributed by atoms with van der Waals surface area (Å²) < 4.78 is 37.9. The summed E-state index contributed by atoms with van der Waals surface area (Å²) in [6, 6.07) is 0.613. The molecule has 1 atom stereocenters. The van der Waals surface area contributed by atoms with Crippen molar-refractivity contribution in [2.45, 2.75) is 18.6 Å². The number of carbonyl (C=O) groups is 1. The van der Waals surface area contributed by atoms with E-state index in [1.54, 1.807) is 7.05 Å². The molecule has 4 N–H and O–H groups in total. The Labute approximate surface area is 112 Å². The Morgan fingerprint density at radius 2 is 2.05 bits per heavy atom. The van der Waals surface area contributed by atoms with Gasteiger partial charge in [-0.3, -0.25) is 4.79 Å². The third-order valence-electron chi connectivity index (χ3n) is 2.88. The van der Waals surface area contributed by atoms with Crippen molar-refractivity contribution >= 4 is 17.5 Å². The van der Waals surface area contributed by atoms with Crippen molar-refractivity contribution in [3.8, 4) is 0 Å². The van der Waals surface area contributed by atoms with Gasteiger partial charge in [-0.15, -0.1) is 0 Å². The van der Waals surface area contributed by atoms with E-state index < -0.39 is 18.0 Å². The summed E-state index contributed by atoms with van der Waals surface area (Å²) in [4.78, 5) is 19.8. The Kier molecular flexibility index (Phi) is 3.66. The van der Waals surface area contributed by atoms with Crippen LogP contribution in [-0.2, 0) is 11.0 Å². The van der Waals surface area contributed by atoms with Gasteiger partial charge in [-0.05, 0) is 6.42 Å². The highest BCUT2D eigenvalue weighted by atomic mass is 19.4. The number of amides is 1. The van der Waals surface area contributed by atoms with Crippen molar-refractivity contribution in [1.29, 1.82) is 0 Å². The first kappa shape index (κ1) is 14.3. The van der Waals surface area contributed by atoms with Gasteiger partial charge < -0.3 is 15.6 Å². The highest BCUT2D eigenvalue weighted by Gasteiger charge is 2.36. The number of alkyl halides is 3. The first-order chi connectivity index (χ1) is 9.31. The lowest BCUT2D eigenvalue weighted by molar-refractivity contribution is -0.144. The lowest BCUT2D eigenvalue weighted by atomic mass is 10.2. The lowest BCUT2D eigenvalue weighted by Gasteiger charge is -2.15. The van der Waals surface area contributed by atoms with Gasteiger partial charge in [-0.25, -0.2) is 15.8 Å². The molecule has 1 aromatic rings. The molecule has 1 fully saturated rings. The van der Waals surface area contributed by atoms with E-state index in [4.69, 9.17) is 5.84 Å². The van der Waals surface area contributed by atoms with Crippen LogP contribution in [0, 0.1) is 0 Å². The van der Waals surface area contributed by atoms with Crippen LogP contribution in [0.2, 0.25) is 0 Å². The normalized spacial score (nSPS) is 19.4. The number of likely N-dealkylation sites (tertiary alicyclic amines) is 1. The van der Waals surface area contributed by atoms with E-state index in [0.717, 1.165) is 0 Å². The van der Waals surface area contributed by atoms with E-state index in [-0.39, 0.29) is 17.5 Å². The van der Waals surface area contributed by atoms with Crippen molar-refractivity contribution in [3.63, 3.8) is 0 Å². The van der Waals surface area contributed by atoms with Gasteiger partial charge in [0.1, 0.15) is 17.7 Å². The Morgan fingerprint density at radius 1 is 1.40 bits per heavy atom. The maximum atomic E-state index is 12.6. The summed E-state index contributed by atoms with van der Waals surface area (Å²) >= 11 is 0. The fourth-order valence-electron chi connectivity index (χ4n) is 1.86. The number of rotatable bonds is 3. The Morgan fingerprint density at radius 3 is 2.55 bits per heavy atom. The van der Waals surface area contributed by atoms with Crippen LogP contribution in [-0.4, -0.2) is 40.4 Å². The molecule has 0 saturated carbocycles. The van der Waals surface area contributed by atoms with Gasteiger partial charge in [0.05, 0.1) is 0 Å². The SMILES string of the molecule is CN1CCC(Nc2cc(NN)nc(C(F)(F)F)n2)C1=O. The summed E-state index contributed by atoms with van der Waals surface area (Å²) in [7, 11) is 1.62. The second-order valence-electron chi connectivity index (χ2n) is 4.35. The Balaban J connectivity index is 2.25. The molecule has 7 nitrogen and oxygen atoms in total. The Bertz CT molecular complexity index is 520. The number of halogens is 3. The number of aromatic nitrogens is 2. The predicted molar refractivity (Wildman–Crippen MR) is 64.5 cm³/mol. The maximum Gasteiger partial charge on any atom is 0.451 e. The number of nitrogens with zero attached hydrogens (tertiary/aromatic N) is 3. The number of nitrogens with two attached hydrogens (primary N) is 1. The van der Waals surface area contributed by atoms with Crippen molar-refractivity contribution in [3.05, 3.63) is 11.9 Å². The van der Waals surface area contributed by atoms with Crippen LogP contribution in [0.3, 0.4) is 0 Å². The second-order valence-corrected chi connectivity index (χ2v) is 4.35. The van der Waals surface area contributed by atoms with Crippen molar-refractivity contribution in [1.82, 2.24) is 14.9 Å². The topological polar surface area (TPSA) is 96.2 Å². The summed E-state index contributed by atoms with van der Waals surface area (Å²) in [5.74, 6) is 3.27. The third-order valence-corrected chi connectivity index (χ3v) is 2.88. The smallest absolute Gasteiger partial charge is 0.358 e. The molecule has 1 amide bonds. The molecule has 2 heterocycles. The van der Waals surface area contributed by atoms with E-state index in [1.807, 2.05) is 5.43 Å². The standard InChI is InChI=1S/C10H13F3N6O/c1-19-3-2-5(8(19)20)15-6-4-7(18-14)17-9(16-6)10(11,12)13/h4-5H,2-3,14H2,1H3,(H2,15,16,17,18). The van der Waals surface area contributed by atoms with Crippen molar-refractivity contribution in [2.75, 3.05) is 24.3 Å². The van der Waals surface area contributed by atoms with E-state index in [0.29, 0.717) is 13.0 Å². The first-order valence-corrected chi connectivity index (χ1v) is 5.75. The zero-order valence-electron chi connectivity index (χ0n) is 10.5. The third kappa shape index (κ3) is 2.90. The first-order valence-electron chi connectivity index (χ1n) is 5.75. The molecule has 2 rings (SSSR count). The number of carbonyl (C=O) groups excluding carboxylic acids is 1. The van der Waals surface area contributed by atoms with Crippen molar-refractivity contribution < 1.29 is 18.0 Å². The fraction of sp³-hybridized carbons (Fsp3) is 0.500. The molecule has 0 bridgehead atoms. The second kappa shape index (κ2) is 5.12. The molecule has 0 aromatic carbocycles. The summed E-state index contributed by atoms with van der Waals surface area (Å²) in [5.41, 5.74) is 2.04. The molecule has 110 valence electrons. The van der Waals surface area contributed by atoms with Crippen molar-refractivity contribution in [2.24, 2.45) is 5.84 Å². The number of hydrogen-bond acceptors (Lipinski definition) is 6. The van der Waals surface area contributed by atoms with Crippen LogP contribution in [0.1, 0.15) is 12.2 Å². The number of nitrogens with one attached hydrogen (secondary N) is 2. The minimum Gasteiger partial charge on any atom is -0.358 e. The molecular formula is C10H13F3N6O. The minimum absolute atomic E-state index is 0.103. The van der Waals surface area contributed by atoms with Crippen LogP contribution < -0.4 is 16.6 Å². The fourth-order valence-corrected chi connectivity index (χ4v) is 1.86. The van der Waals surface area contributed by atoms with Crippen LogP contribution in [0.25, 0.3) is 0 Å². The highest BCUT2D eigenvalue weighted by Crippen LogP contribution is 2.28. The number of nitrogen functional groups attached to an aromatic ring is 1. The van der Waals surface area contributed by atoms with Gasteiger partial charge >= 0.3 is 6.18 Å². The molecule has 1 saturated heterocycles. The average Bonchev–Trinajstić information content (AvgIpc) is 2.69. The van der Waals surface area contributed by atoms with E-state index in [1.165, 1.54) is 11.0 Å². The largest absolute Gasteiger partial charge is 0.451 e. The monoisotopic (exact) mass is 290 g/mol. The minimum atomic E-state index is -4.69. The van der Waals surface area contributed by atoms with Crippen LogP contribution in [0.15, 0.2) is 6.07 Å². The molecule has 1 aliphatic rings. The Hall–Kier alpha value is -2.10. The molecule has 0 aliphatic carbocycles. The van der Waals surface area contributed by atoms with E-state index in [9.17, 15) is 18.0 Å². The molecule has 20 heavy (non-hydrogen) atoms. The molecule has 1 aromatic heterocycles. The van der Waals surface area contributed by atoms with Crippen LogP contribution in [0.4, 0.5) is 24.8 Å². The molecule has 0 radical (unpaired) electrons.